The van der Waals surface area contributed by atoms with E-state index in [2.05, 4.69) is 118 Å². The Morgan fingerprint density at radius 2 is 0.683 bits per heavy atom. The molecule has 0 spiro atoms. The van der Waals surface area contributed by atoms with E-state index in [1.165, 1.54) is 25.7 Å². The molecule has 1 atom stereocenters. The Balaban J connectivity index is 4.52. The van der Waals surface area contributed by atoms with Crippen LogP contribution in [0.2, 0.25) is 0 Å². The highest BCUT2D eigenvalue weighted by molar-refractivity contribution is 5.71. The summed E-state index contributed by atoms with van der Waals surface area (Å²) in [6.45, 7) is 6.34. The standard InChI is InChI=1S/C54H88O6/c1-4-7-10-13-16-19-22-25-27-30-32-35-38-41-44-47-53(56)59-50-51(49-58-52(55)46-43-40-37-34-31-28-24-21-18-15-12-9-6-3)60-54(57)48-45-42-39-36-33-29-26-23-20-17-14-11-8-5-2/h7,10,12,14-17,19,21,23-27,32,35,51H,4-6,8-9,11,13,18,20,22,28-31,33-34,36-50H2,1-3H3/b10-7-,15-12-,17-14-,19-16-,24-21-,26-23-,27-25-,35-32-. The highest BCUT2D eigenvalue weighted by atomic mass is 16.6. The topological polar surface area (TPSA) is 78.9 Å². The summed E-state index contributed by atoms with van der Waals surface area (Å²) in [7, 11) is 0. The van der Waals surface area contributed by atoms with E-state index in [0.717, 1.165) is 141 Å². The molecule has 0 aromatic rings. The smallest absolute Gasteiger partial charge is 0.306 e. The second-order valence-corrected chi connectivity index (χ2v) is 15.6. The van der Waals surface area contributed by atoms with Crippen molar-refractivity contribution in [3.63, 3.8) is 0 Å². The first-order chi connectivity index (χ1) is 29.5. The largest absolute Gasteiger partial charge is 0.462 e. The Morgan fingerprint density at radius 1 is 0.350 bits per heavy atom. The molecule has 0 rings (SSSR count). The van der Waals surface area contributed by atoms with Gasteiger partial charge < -0.3 is 14.2 Å². The Morgan fingerprint density at radius 3 is 1.12 bits per heavy atom. The van der Waals surface area contributed by atoms with Gasteiger partial charge in [-0.3, -0.25) is 14.4 Å². The van der Waals surface area contributed by atoms with Gasteiger partial charge in [0.25, 0.3) is 0 Å². The van der Waals surface area contributed by atoms with Crippen LogP contribution in [0.1, 0.15) is 207 Å². The summed E-state index contributed by atoms with van der Waals surface area (Å²) in [4.78, 5) is 37.9. The molecule has 6 heteroatoms. The third kappa shape index (κ3) is 45.4. The lowest BCUT2D eigenvalue weighted by atomic mass is 10.1. The fraction of sp³-hybridized carbons (Fsp3) is 0.648. The number of unbranched alkanes of at least 4 members (excludes halogenated alkanes) is 15. The molecule has 340 valence electrons. The zero-order chi connectivity index (χ0) is 43.7. The van der Waals surface area contributed by atoms with E-state index in [0.29, 0.717) is 19.3 Å². The molecular formula is C54H88O6. The van der Waals surface area contributed by atoms with Crippen LogP contribution in [0.5, 0.6) is 0 Å². The molecule has 1 unspecified atom stereocenters. The van der Waals surface area contributed by atoms with Gasteiger partial charge in [0.05, 0.1) is 0 Å². The average Bonchev–Trinajstić information content (AvgIpc) is 3.24. The molecule has 0 N–H and O–H groups in total. The van der Waals surface area contributed by atoms with Crippen molar-refractivity contribution >= 4 is 17.9 Å². The lowest BCUT2D eigenvalue weighted by molar-refractivity contribution is -0.167. The molecule has 0 aliphatic carbocycles. The van der Waals surface area contributed by atoms with Crippen molar-refractivity contribution < 1.29 is 28.6 Å². The zero-order valence-corrected chi connectivity index (χ0v) is 38.7. The first kappa shape index (κ1) is 56.3. The summed E-state index contributed by atoms with van der Waals surface area (Å²) in [5, 5.41) is 0. The lowest BCUT2D eigenvalue weighted by Crippen LogP contribution is -2.30. The number of rotatable bonds is 42. The molecule has 0 radical (unpaired) electrons. The summed E-state index contributed by atoms with van der Waals surface area (Å²) in [5.41, 5.74) is 0. The van der Waals surface area contributed by atoms with Crippen molar-refractivity contribution in [1.82, 2.24) is 0 Å². The summed E-state index contributed by atoms with van der Waals surface area (Å²) in [6, 6.07) is 0. The van der Waals surface area contributed by atoms with E-state index in [-0.39, 0.29) is 31.1 Å². The molecule has 0 bridgehead atoms. The second-order valence-electron chi connectivity index (χ2n) is 15.6. The van der Waals surface area contributed by atoms with Gasteiger partial charge in [-0.15, -0.1) is 0 Å². The SMILES string of the molecule is CC/C=C\C/C=C\C/C=C\C/C=C\CCCCC(=O)OCC(COC(=O)CCCCCCC/C=C\C/C=C\CCC)OC(=O)CCCCCCC/C=C\C/C=C\CCCC. The minimum atomic E-state index is -0.807. The Bertz CT molecular complexity index is 1230. The van der Waals surface area contributed by atoms with Crippen LogP contribution in [0.25, 0.3) is 0 Å². The minimum Gasteiger partial charge on any atom is -0.462 e. The molecule has 0 aliphatic heterocycles. The molecule has 0 aliphatic rings. The molecule has 6 nitrogen and oxygen atoms in total. The summed E-state index contributed by atoms with van der Waals surface area (Å²) >= 11 is 0. The zero-order valence-electron chi connectivity index (χ0n) is 38.7. The predicted molar refractivity (Wildman–Crippen MR) is 256 cm³/mol. The van der Waals surface area contributed by atoms with Crippen LogP contribution < -0.4 is 0 Å². The summed E-state index contributed by atoms with van der Waals surface area (Å²) < 4.78 is 16.7. The number of hydrogen-bond donors (Lipinski definition) is 0. The van der Waals surface area contributed by atoms with Crippen molar-refractivity contribution in [3.8, 4) is 0 Å². The maximum Gasteiger partial charge on any atom is 0.306 e. The minimum absolute atomic E-state index is 0.105. The summed E-state index contributed by atoms with van der Waals surface area (Å²) in [5.74, 6) is -0.983. The van der Waals surface area contributed by atoms with Crippen LogP contribution in [0.4, 0.5) is 0 Å². The van der Waals surface area contributed by atoms with Crippen molar-refractivity contribution in [2.24, 2.45) is 0 Å². The maximum absolute atomic E-state index is 12.8. The molecular weight excluding hydrogens is 745 g/mol. The van der Waals surface area contributed by atoms with Crippen LogP contribution in [0.15, 0.2) is 97.2 Å². The van der Waals surface area contributed by atoms with Crippen LogP contribution >= 0.6 is 0 Å². The van der Waals surface area contributed by atoms with E-state index in [4.69, 9.17) is 14.2 Å². The first-order valence-electron chi connectivity index (χ1n) is 24.2. The van der Waals surface area contributed by atoms with E-state index >= 15 is 0 Å². The number of esters is 3. The number of allylic oxidation sites excluding steroid dienone is 16. The van der Waals surface area contributed by atoms with Crippen molar-refractivity contribution in [2.75, 3.05) is 13.2 Å². The Kier molecular flexibility index (Phi) is 45.1. The van der Waals surface area contributed by atoms with Gasteiger partial charge in [-0.2, -0.15) is 0 Å². The highest BCUT2D eigenvalue weighted by Gasteiger charge is 2.19. The lowest BCUT2D eigenvalue weighted by Gasteiger charge is -2.18. The highest BCUT2D eigenvalue weighted by Crippen LogP contribution is 2.12. The van der Waals surface area contributed by atoms with Crippen molar-refractivity contribution in [2.45, 2.75) is 213 Å². The third-order valence-corrected chi connectivity index (χ3v) is 9.77. The van der Waals surface area contributed by atoms with Gasteiger partial charge in [0.15, 0.2) is 6.10 Å². The Labute approximate surface area is 368 Å². The molecule has 0 heterocycles. The van der Waals surface area contributed by atoms with Gasteiger partial charge in [0, 0.05) is 19.3 Å². The number of hydrogen-bond acceptors (Lipinski definition) is 6. The van der Waals surface area contributed by atoms with Gasteiger partial charge in [0.2, 0.25) is 0 Å². The molecule has 60 heavy (non-hydrogen) atoms. The third-order valence-electron chi connectivity index (χ3n) is 9.77. The Hall–Kier alpha value is -3.67. The predicted octanol–water partition coefficient (Wildman–Crippen LogP) is 15.8. The van der Waals surface area contributed by atoms with Crippen molar-refractivity contribution in [1.29, 1.82) is 0 Å². The van der Waals surface area contributed by atoms with Gasteiger partial charge in [0.1, 0.15) is 13.2 Å². The molecule has 0 saturated carbocycles. The van der Waals surface area contributed by atoms with Gasteiger partial charge >= 0.3 is 17.9 Å². The molecule has 0 amide bonds. The van der Waals surface area contributed by atoms with Crippen LogP contribution in [-0.4, -0.2) is 37.2 Å². The monoisotopic (exact) mass is 833 g/mol. The average molecular weight is 833 g/mol. The van der Waals surface area contributed by atoms with E-state index in [1.54, 1.807) is 0 Å². The fourth-order valence-corrected chi connectivity index (χ4v) is 6.13. The van der Waals surface area contributed by atoms with Gasteiger partial charge in [-0.05, 0) is 109 Å². The van der Waals surface area contributed by atoms with Crippen LogP contribution in [0.3, 0.4) is 0 Å². The van der Waals surface area contributed by atoms with Crippen molar-refractivity contribution in [3.05, 3.63) is 97.2 Å². The molecule has 0 fully saturated rings. The first-order valence-corrected chi connectivity index (χ1v) is 24.2. The van der Waals surface area contributed by atoms with Crippen LogP contribution in [0, 0.1) is 0 Å². The van der Waals surface area contributed by atoms with Gasteiger partial charge in [-0.1, -0.05) is 176 Å². The molecule has 0 aromatic heterocycles. The molecule has 0 aromatic carbocycles. The fourth-order valence-electron chi connectivity index (χ4n) is 6.13. The summed E-state index contributed by atoms with van der Waals surface area (Å²) in [6.07, 6.45) is 62.4. The van der Waals surface area contributed by atoms with E-state index in [9.17, 15) is 14.4 Å². The van der Waals surface area contributed by atoms with Gasteiger partial charge in [-0.25, -0.2) is 0 Å². The second kappa shape index (κ2) is 48.0. The quantitative estimate of drug-likeness (QED) is 0.0264. The van der Waals surface area contributed by atoms with E-state index < -0.39 is 6.10 Å². The molecule has 0 saturated heterocycles. The van der Waals surface area contributed by atoms with E-state index in [1.807, 2.05) is 0 Å². The number of ether oxygens (including phenoxy) is 3. The maximum atomic E-state index is 12.8. The normalized spacial score (nSPS) is 12.9. The van der Waals surface area contributed by atoms with Crippen LogP contribution in [-0.2, 0) is 28.6 Å². The number of carbonyl (C=O) groups is 3. The number of carbonyl (C=O) groups excluding carboxylic acids is 3.